The maximum Gasteiger partial charge on any atom is 0.269 e. The average Bonchev–Trinajstić information content (AvgIpc) is 3.33. The average molecular weight is 965 g/mol. The molecule has 16 heteroatoms. The fourth-order valence-electron chi connectivity index (χ4n) is 10.2. The number of nitrogens with one attached hydrogen (secondary N) is 1. The molecule has 2 aliphatic carbocycles. The molecule has 6 atom stereocenters. The minimum absolute atomic E-state index is 0.00790. The van der Waals surface area contributed by atoms with Gasteiger partial charge in [0.15, 0.2) is 0 Å². The van der Waals surface area contributed by atoms with Crippen molar-refractivity contribution in [2.45, 2.75) is 108 Å². The molecule has 69 heavy (non-hydrogen) atoms. The highest BCUT2D eigenvalue weighted by molar-refractivity contribution is 7.89. The van der Waals surface area contributed by atoms with E-state index in [1.54, 1.807) is 30.3 Å². The molecule has 7 rings (SSSR count). The lowest BCUT2D eigenvalue weighted by atomic mass is 9.55. The first-order valence-electron chi connectivity index (χ1n) is 23.8. The summed E-state index contributed by atoms with van der Waals surface area (Å²) in [6, 6.07) is 22.7. The number of aryl methyl sites for hydroxylation is 2. The smallest absolute Gasteiger partial charge is 0.269 e. The summed E-state index contributed by atoms with van der Waals surface area (Å²) in [5.74, 6) is -1.34. The number of hydrogen-bond donors (Lipinski definition) is 3. The second-order valence-electron chi connectivity index (χ2n) is 18.1. The van der Waals surface area contributed by atoms with E-state index in [1.807, 2.05) is 57.2 Å². The summed E-state index contributed by atoms with van der Waals surface area (Å²) in [7, 11) is -4.33. The van der Waals surface area contributed by atoms with E-state index in [2.05, 4.69) is 18.0 Å². The zero-order chi connectivity index (χ0) is 49.3. The number of aliphatic hydroxyl groups is 2. The lowest BCUT2D eigenvalue weighted by Gasteiger charge is -2.59. The van der Waals surface area contributed by atoms with Crippen LogP contribution < -0.4 is 14.8 Å². The second kappa shape index (κ2) is 22.7. The number of hydrogen-bond acceptors (Lipinski definition) is 12. The minimum atomic E-state index is -4.33. The predicted octanol–water partition coefficient (Wildman–Crippen LogP) is 9.90. The molecule has 3 N–H and O–H groups in total. The summed E-state index contributed by atoms with van der Waals surface area (Å²) in [5, 5.41) is 39.0. The molecule has 4 aromatic carbocycles. The molecule has 1 saturated carbocycles. The first-order valence-corrected chi connectivity index (χ1v) is 25.3. The number of nitrogens with zero attached hydrogens (tertiary/aromatic N) is 3. The third kappa shape index (κ3) is 11.3. The number of benzene rings is 4. The maximum atomic E-state index is 15.3. The van der Waals surface area contributed by atoms with Crippen LogP contribution in [0.1, 0.15) is 93.4 Å². The third-order valence-corrected chi connectivity index (χ3v) is 15.4. The van der Waals surface area contributed by atoms with Gasteiger partial charge in [0.05, 0.1) is 34.1 Å². The summed E-state index contributed by atoms with van der Waals surface area (Å²) < 4.78 is 53.1. The zero-order valence-electron chi connectivity index (χ0n) is 39.8. The lowest BCUT2D eigenvalue weighted by molar-refractivity contribution is -0.384. The van der Waals surface area contributed by atoms with E-state index in [0.29, 0.717) is 66.3 Å². The van der Waals surface area contributed by atoms with Crippen molar-refractivity contribution < 1.29 is 47.4 Å². The largest absolute Gasteiger partial charge is 0.460 e. The van der Waals surface area contributed by atoms with Crippen LogP contribution in [0.15, 0.2) is 119 Å². The van der Waals surface area contributed by atoms with E-state index in [4.69, 9.17) is 24.2 Å². The van der Waals surface area contributed by atoms with E-state index in [9.17, 15) is 25.1 Å². The van der Waals surface area contributed by atoms with Gasteiger partial charge >= 0.3 is 0 Å². The summed E-state index contributed by atoms with van der Waals surface area (Å²) in [4.78, 5) is 29.0. The van der Waals surface area contributed by atoms with Crippen molar-refractivity contribution in [3.05, 3.63) is 142 Å². The fourth-order valence-corrected chi connectivity index (χ4v) is 11.9. The number of non-ortho nitro benzene ring substituents is 1. The zero-order valence-corrected chi connectivity index (χ0v) is 40.7. The van der Waals surface area contributed by atoms with Crippen molar-refractivity contribution in [1.29, 1.82) is 0 Å². The van der Waals surface area contributed by atoms with Crippen LogP contribution in [0.25, 0.3) is 0 Å². The van der Waals surface area contributed by atoms with E-state index in [0.717, 1.165) is 35.1 Å². The van der Waals surface area contributed by atoms with Gasteiger partial charge in [-0.05, 0) is 147 Å². The van der Waals surface area contributed by atoms with Gasteiger partial charge < -0.3 is 34.6 Å². The summed E-state index contributed by atoms with van der Waals surface area (Å²) in [6.45, 7) is 11.5. The van der Waals surface area contributed by atoms with E-state index in [1.165, 1.54) is 35.5 Å². The van der Waals surface area contributed by atoms with E-state index in [-0.39, 0.29) is 73.6 Å². The fraction of sp³-hybridized carbons (Fsp3) is 0.434. The number of carbonyl (C=O) groups excluding carboxylic acids is 1. The number of allylic oxidation sites excluding steroid dienone is 1. The standard InChI is InChI=1S/C53H64N4O11S/c1-6-26-56(69(63,64)44-23-17-40(18-24-44)54-37(5)60)50-33-48(55-66-34-38-15-19-41(20-16-38)57(61)62)46-31-39(12-8-10-27-58)45(13-9-11-28-59)51-47-32-43(67-42-21-14-35(3)36(4)30-42)22-25-49(47)68-53(50,52(46)51)65-29-7-2/h7,14-25,30-32,39,45,50-52,58-59H,2,6,8-13,26-29,33-34H2,1,3-5H3,(H,54,60)/t39-,45+,50-,51+,52+,53+/m0/s1. The Kier molecular flexibility index (Phi) is 16.7. The van der Waals surface area contributed by atoms with Crippen molar-refractivity contribution >= 4 is 33.0 Å². The molecular weight excluding hydrogens is 901 g/mol. The van der Waals surface area contributed by atoms with Crippen LogP contribution >= 0.6 is 0 Å². The number of nitro groups is 1. The number of rotatable bonds is 23. The van der Waals surface area contributed by atoms with E-state index < -0.39 is 32.7 Å². The molecule has 1 aliphatic heterocycles. The van der Waals surface area contributed by atoms with Crippen molar-refractivity contribution in [2.75, 3.05) is 31.7 Å². The summed E-state index contributed by atoms with van der Waals surface area (Å²) >= 11 is 0. The molecule has 0 aromatic heterocycles. The van der Waals surface area contributed by atoms with Crippen LogP contribution in [0.2, 0.25) is 0 Å². The topological polar surface area (TPSA) is 199 Å². The van der Waals surface area contributed by atoms with Gasteiger partial charge in [0.25, 0.3) is 5.69 Å². The van der Waals surface area contributed by atoms with Crippen LogP contribution in [0, 0.1) is 41.7 Å². The SMILES string of the molecule is C=CCO[C@@]12Oc3ccc(Oc4ccc(C)c(C)c4)cc3[C@H]3[C@H](CCCCO)[C@@H](CCCCO)C=C(C(=NOCc4ccc([N+](=O)[O-])cc4)C[C@@H]1N(CCC)S(=O)(=O)c1ccc(NC(C)=O)cc1)[C@H]32. The number of fused-ring (bicyclic) bond motifs is 2. The molecule has 1 amide bonds. The molecule has 1 heterocycles. The number of unbranched alkanes of at least 4 members (excludes halogenated alkanes) is 2. The first kappa shape index (κ1) is 51.0. The molecule has 0 unspecified atom stereocenters. The van der Waals surface area contributed by atoms with Crippen molar-refractivity contribution in [3.8, 4) is 17.2 Å². The number of nitro benzene ring substituents is 1. The molecule has 0 spiro atoms. The highest BCUT2D eigenvalue weighted by Gasteiger charge is 2.66. The number of carbonyl (C=O) groups is 1. The quantitative estimate of drug-likeness (QED) is 0.0277. The first-order chi connectivity index (χ1) is 33.2. The Labute approximate surface area is 405 Å². The van der Waals surface area contributed by atoms with Crippen LogP contribution in [-0.4, -0.2) is 77.7 Å². The van der Waals surface area contributed by atoms with Crippen LogP contribution in [0.3, 0.4) is 0 Å². The Hall–Kier alpha value is -5.91. The van der Waals surface area contributed by atoms with E-state index >= 15 is 8.42 Å². The highest BCUT2D eigenvalue weighted by atomic mass is 32.2. The van der Waals surface area contributed by atoms with Gasteiger partial charge in [0.2, 0.25) is 21.7 Å². The van der Waals surface area contributed by atoms with Gasteiger partial charge in [-0.15, -0.1) is 6.58 Å². The normalized spacial score (nSPS) is 22.2. The molecule has 0 saturated heterocycles. The van der Waals surface area contributed by atoms with Gasteiger partial charge in [-0.3, -0.25) is 14.9 Å². The maximum absolute atomic E-state index is 15.3. The monoisotopic (exact) mass is 964 g/mol. The summed E-state index contributed by atoms with van der Waals surface area (Å²) in [6.07, 6.45) is 8.38. The van der Waals surface area contributed by atoms with Crippen molar-refractivity contribution in [1.82, 2.24) is 4.31 Å². The number of ether oxygens (including phenoxy) is 3. The van der Waals surface area contributed by atoms with Crippen molar-refractivity contribution in [2.24, 2.45) is 22.9 Å². The number of anilines is 1. The summed E-state index contributed by atoms with van der Waals surface area (Å²) in [5.41, 5.74) is 5.40. The number of sulfonamides is 1. The lowest BCUT2D eigenvalue weighted by Crippen LogP contribution is -2.70. The van der Waals surface area contributed by atoms with Crippen molar-refractivity contribution in [3.63, 3.8) is 0 Å². The Balaban J connectivity index is 1.45. The Bertz CT molecular complexity index is 2640. The number of amides is 1. The number of aliphatic hydroxyl groups excluding tert-OH is 2. The molecule has 15 nitrogen and oxygen atoms in total. The van der Waals surface area contributed by atoms with Gasteiger partial charge in [0, 0.05) is 62.4 Å². The third-order valence-electron chi connectivity index (χ3n) is 13.5. The van der Waals surface area contributed by atoms with Gasteiger partial charge in [0.1, 0.15) is 23.9 Å². The Morgan fingerprint density at radius 3 is 2.32 bits per heavy atom. The van der Waals surface area contributed by atoms with Gasteiger partial charge in [-0.25, -0.2) is 8.42 Å². The Morgan fingerprint density at radius 1 is 0.971 bits per heavy atom. The van der Waals surface area contributed by atoms with Gasteiger partial charge in [-0.2, -0.15) is 4.31 Å². The molecule has 3 aliphatic rings. The number of oxime groups is 1. The van der Waals surface area contributed by atoms with Crippen LogP contribution in [0.5, 0.6) is 17.2 Å². The van der Waals surface area contributed by atoms with Crippen LogP contribution in [0.4, 0.5) is 11.4 Å². The molecular formula is C53H64N4O11S. The molecule has 1 fully saturated rings. The highest BCUT2D eigenvalue weighted by Crippen LogP contribution is 2.62. The molecule has 4 aromatic rings. The van der Waals surface area contributed by atoms with Crippen LogP contribution in [-0.2, 0) is 31.0 Å². The molecule has 0 bridgehead atoms. The minimum Gasteiger partial charge on any atom is -0.460 e. The second-order valence-corrected chi connectivity index (χ2v) is 20.0. The predicted molar refractivity (Wildman–Crippen MR) is 264 cm³/mol. The molecule has 368 valence electrons. The Morgan fingerprint density at radius 2 is 1.67 bits per heavy atom. The molecule has 0 radical (unpaired) electrons. The van der Waals surface area contributed by atoms with Gasteiger partial charge in [-0.1, -0.05) is 43.1 Å².